The predicted octanol–water partition coefficient (Wildman–Crippen LogP) is -1.53. The molecule has 0 heterocycles. The van der Waals surface area contributed by atoms with Gasteiger partial charge in [-0.15, -0.1) is 0 Å². The van der Waals surface area contributed by atoms with E-state index in [4.69, 9.17) is 8.92 Å². The molecule has 20 valence electrons. The van der Waals surface area contributed by atoms with Crippen LogP contribution in [-0.2, 0) is 8.92 Å². The molecule has 4 heavy (non-hydrogen) atoms. The Morgan fingerprint density at radius 3 is 1.25 bits per heavy atom. The van der Waals surface area contributed by atoms with E-state index in [1.54, 1.807) is 0 Å². The van der Waals surface area contributed by atoms with E-state index in [-0.39, 0.29) is 37.7 Å². The van der Waals surface area contributed by atoms with Gasteiger partial charge in [0.25, 0.3) is 0 Å². The molecular weight excluding hydrogens is 100 g/mol. The zero-order chi connectivity index (χ0) is 2.71. The Balaban J connectivity index is 0. The molecule has 0 N–H and O–H groups in total. The van der Waals surface area contributed by atoms with E-state index in [1.807, 2.05) is 0 Å². The Kier molecular flexibility index (Phi) is 19.9. The third kappa shape index (κ3) is 11.4. The first-order valence-corrected chi connectivity index (χ1v) is 1.22. The second-order valence-corrected chi connectivity index (χ2v) is 0.250. The van der Waals surface area contributed by atoms with Crippen molar-refractivity contribution in [2.45, 2.75) is 0 Å². The first-order valence-electron chi connectivity index (χ1n) is 0.408. The van der Waals surface area contributed by atoms with Gasteiger partial charge in [0.05, 0.1) is 0 Å². The average molecular weight is 102 g/mol. The van der Waals surface area contributed by atoms with E-state index in [9.17, 15) is 0 Å². The normalized spacial score (nSPS) is 2.00. The van der Waals surface area contributed by atoms with E-state index in [0.29, 0.717) is 0 Å². The molecular formula is H2CaO2Si. The first kappa shape index (κ1) is 8.91. The summed E-state index contributed by atoms with van der Waals surface area (Å²) in [5.41, 5.74) is 0. The van der Waals surface area contributed by atoms with Gasteiger partial charge in [0, 0.05) is 0 Å². The quantitative estimate of drug-likeness (QED) is 0.348. The molecule has 0 radical (unpaired) electrons. The van der Waals surface area contributed by atoms with Crippen molar-refractivity contribution in [2.24, 2.45) is 0 Å². The Morgan fingerprint density at radius 2 is 1.25 bits per heavy atom. The fourth-order valence-corrected chi connectivity index (χ4v) is 0. The molecule has 0 aliphatic heterocycles. The van der Waals surface area contributed by atoms with Gasteiger partial charge in [-0.1, -0.05) is 0 Å². The average Bonchev–Trinajstić information content (AvgIpc) is 0.918. The molecule has 0 fully saturated rings. The second kappa shape index (κ2) is 8.95. The summed E-state index contributed by atoms with van der Waals surface area (Å²) in [6, 6.07) is 0. The van der Waals surface area contributed by atoms with E-state index in [0.717, 1.165) is 0 Å². The minimum atomic E-state index is -1.42. The summed E-state index contributed by atoms with van der Waals surface area (Å²) in [5, 5.41) is 0. The van der Waals surface area contributed by atoms with Crippen LogP contribution in [0.5, 0.6) is 0 Å². The van der Waals surface area contributed by atoms with Crippen molar-refractivity contribution < 1.29 is 8.92 Å². The van der Waals surface area contributed by atoms with Gasteiger partial charge < -0.3 is 0 Å². The van der Waals surface area contributed by atoms with Crippen LogP contribution in [-0.4, -0.2) is 47.0 Å². The van der Waals surface area contributed by atoms with Crippen LogP contribution in [0.4, 0.5) is 0 Å². The number of hydrogen-bond donors (Lipinski definition) is 0. The van der Waals surface area contributed by atoms with Gasteiger partial charge in [0.2, 0.25) is 0 Å². The van der Waals surface area contributed by atoms with Gasteiger partial charge in [-0.3, -0.25) is 8.92 Å². The molecule has 0 atom stereocenters. The maximum absolute atomic E-state index is 8.40. The van der Waals surface area contributed by atoms with Gasteiger partial charge >= 0.3 is 47.0 Å². The van der Waals surface area contributed by atoms with Gasteiger partial charge in [-0.25, -0.2) is 0 Å². The van der Waals surface area contributed by atoms with E-state index >= 15 is 0 Å². The number of hydrogen-bond acceptors (Lipinski definition) is 2. The molecule has 0 saturated heterocycles. The summed E-state index contributed by atoms with van der Waals surface area (Å²) in [6.07, 6.45) is 0. The molecule has 0 aromatic rings. The summed E-state index contributed by atoms with van der Waals surface area (Å²) < 4.78 is 16.8. The zero-order valence-corrected chi connectivity index (χ0v) is 2.32. The topological polar surface area (TPSA) is 34.1 Å². The van der Waals surface area contributed by atoms with E-state index in [1.165, 1.54) is 0 Å². The van der Waals surface area contributed by atoms with Gasteiger partial charge in [-0.2, -0.15) is 0 Å². The van der Waals surface area contributed by atoms with Crippen LogP contribution in [0.2, 0.25) is 0 Å². The standard InChI is InChI=1S/Ca.O2Si.2H/c;1-3-2;;. The van der Waals surface area contributed by atoms with Crippen LogP contribution in [0.1, 0.15) is 0 Å². The molecule has 0 aliphatic rings. The van der Waals surface area contributed by atoms with Crippen LogP contribution in [0, 0.1) is 0 Å². The van der Waals surface area contributed by atoms with Crippen molar-refractivity contribution in [3.05, 3.63) is 0 Å². The minimum absolute atomic E-state index is 0. The Labute approximate surface area is 55.5 Å². The molecule has 0 rings (SSSR count). The monoisotopic (exact) mass is 102 g/mol. The molecule has 0 saturated carbocycles. The molecule has 0 unspecified atom stereocenters. The molecule has 2 nitrogen and oxygen atoms in total. The van der Waals surface area contributed by atoms with Crippen LogP contribution < -0.4 is 0 Å². The van der Waals surface area contributed by atoms with Gasteiger partial charge in [-0.05, 0) is 0 Å². The third-order valence-corrected chi connectivity index (χ3v) is 0. The van der Waals surface area contributed by atoms with Crippen LogP contribution in [0.15, 0.2) is 0 Å². The molecule has 0 bridgehead atoms. The Morgan fingerprint density at radius 1 is 1.25 bits per heavy atom. The zero-order valence-electron chi connectivity index (χ0n) is 1.32. The Bertz CT molecular complexity index is 27.0. The fraction of sp³-hybridized carbons (Fsp3) is 0. The summed E-state index contributed by atoms with van der Waals surface area (Å²) in [5.74, 6) is 0. The summed E-state index contributed by atoms with van der Waals surface area (Å²) in [4.78, 5) is 0. The summed E-state index contributed by atoms with van der Waals surface area (Å²) in [7, 11) is -1.42. The van der Waals surface area contributed by atoms with Crippen LogP contribution in [0.25, 0.3) is 0 Å². The van der Waals surface area contributed by atoms with Gasteiger partial charge in [0.15, 0.2) is 0 Å². The van der Waals surface area contributed by atoms with Crippen molar-refractivity contribution in [1.82, 2.24) is 0 Å². The van der Waals surface area contributed by atoms with Crippen LogP contribution in [0.3, 0.4) is 0 Å². The maximum atomic E-state index is 8.40. The van der Waals surface area contributed by atoms with Crippen LogP contribution >= 0.6 is 0 Å². The van der Waals surface area contributed by atoms with Gasteiger partial charge in [0.1, 0.15) is 0 Å². The molecule has 4 heteroatoms. The molecule has 0 aromatic carbocycles. The molecule has 0 aromatic heterocycles. The summed E-state index contributed by atoms with van der Waals surface area (Å²) in [6.45, 7) is 0. The first-order chi connectivity index (χ1) is 1.41. The SMILES string of the molecule is O=[Si]=O.[CaH2]. The predicted molar refractivity (Wildman–Crippen MR) is 15.7 cm³/mol. The number of rotatable bonds is 0. The fourth-order valence-electron chi connectivity index (χ4n) is 0. The molecule has 0 spiro atoms. The van der Waals surface area contributed by atoms with Crippen molar-refractivity contribution in [1.29, 1.82) is 0 Å². The van der Waals surface area contributed by atoms with E-state index in [2.05, 4.69) is 0 Å². The summed E-state index contributed by atoms with van der Waals surface area (Å²) >= 11 is 0. The van der Waals surface area contributed by atoms with Crippen molar-refractivity contribution in [3.63, 3.8) is 0 Å². The van der Waals surface area contributed by atoms with Crippen molar-refractivity contribution in [2.75, 3.05) is 0 Å². The molecule has 0 amide bonds. The van der Waals surface area contributed by atoms with Crippen molar-refractivity contribution in [3.8, 4) is 0 Å². The van der Waals surface area contributed by atoms with Crippen molar-refractivity contribution >= 4 is 47.0 Å². The molecule has 0 aliphatic carbocycles. The van der Waals surface area contributed by atoms with E-state index < -0.39 is 9.29 Å². The third-order valence-electron chi connectivity index (χ3n) is 0. The second-order valence-electron chi connectivity index (χ2n) is 0.0833. The Hall–Kier alpha value is 1.08.